The third-order valence-corrected chi connectivity index (χ3v) is 10.1. The van der Waals surface area contributed by atoms with Crippen LogP contribution >= 0.6 is 0 Å². The Balaban J connectivity index is 1.39. The maximum atomic E-state index is 12.9. The van der Waals surface area contributed by atoms with Gasteiger partial charge in [0.25, 0.3) is 0 Å². The zero-order valence-corrected chi connectivity index (χ0v) is 29.0. The van der Waals surface area contributed by atoms with Crippen LogP contribution in [-0.4, -0.2) is 60.5 Å². The lowest BCUT2D eigenvalue weighted by Gasteiger charge is -2.39. The van der Waals surface area contributed by atoms with Crippen LogP contribution in [0.25, 0.3) is 0 Å². The third kappa shape index (κ3) is 10.4. The van der Waals surface area contributed by atoms with E-state index in [0.717, 1.165) is 38.5 Å². The predicted molar refractivity (Wildman–Crippen MR) is 179 cm³/mol. The Labute approximate surface area is 276 Å². The van der Waals surface area contributed by atoms with E-state index in [9.17, 15) is 14.4 Å². The van der Waals surface area contributed by atoms with Gasteiger partial charge in [0.05, 0.1) is 24.7 Å². The van der Waals surface area contributed by atoms with E-state index in [2.05, 4.69) is 70.3 Å². The highest BCUT2D eigenvalue weighted by molar-refractivity contribution is 5.76. The Morgan fingerprint density at radius 2 is 1.70 bits per heavy atom. The number of carbonyl (C=O) groups excluding carboxylic acids is 3. The zero-order valence-electron chi connectivity index (χ0n) is 29.0. The molecule has 3 fully saturated rings. The molecule has 2 saturated carbocycles. The second kappa shape index (κ2) is 16.9. The molecule has 10 atom stereocenters. The van der Waals surface area contributed by atoms with Crippen LogP contribution < -0.4 is 5.32 Å². The molecule has 0 unspecified atom stereocenters. The smallest absolute Gasteiger partial charge is 0.303 e. The first kappa shape index (κ1) is 36.1. The molecule has 0 radical (unpaired) electrons. The van der Waals surface area contributed by atoms with E-state index >= 15 is 0 Å². The van der Waals surface area contributed by atoms with Gasteiger partial charge in [0.15, 0.2) is 6.10 Å². The molecule has 0 aromatic rings. The molecule has 256 valence electrons. The lowest BCUT2D eigenvalue weighted by molar-refractivity contribution is -0.199. The fourth-order valence-electron chi connectivity index (χ4n) is 7.40. The average molecular weight is 640 g/mol. The van der Waals surface area contributed by atoms with Gasteiger partial charge in [-0.1, -0.05) is 76.5 Å². The Hall–Kier alpha value is -2.71. The standard InChI is InChI=1S/C38H57NO7/c1-8-33-24(3)15-18-34(46-33)25(4)20-23(2)14-16-31-26(5)32(31)17-19-35-38(44-28(7)41)36(43-27(6)40)21-30(45-35)22-37(42)39-29-12-10-9-11-13-29/h14-17,19-20,23,26,29-36,38H,8-13,18,21-22H2,1-7H3,(H,39,42)/b16-14+,19-17+,25-20+/t23-,26-,30+,31+,32+,33-,34-,35+,36+,38+/m1/s1. The SMILES string of the molecule is CC[C@H]1O[C@@H](/C(C)=C/[C@H](C)/C=C/[C@H]2[C@@H](C)[C@@H]2/C=C/[C@@H]2O[C@H](CC(=O)NC3CCCCC3)C[C@H](OC(C)=O)[C@H]2OC(C)=O)CC=C1C. The van der Waals surface area contributed by atoms with Crippen molar-refractivity contribution < 1.29 is 33.3 Å². The zero-order chi connectivity index (χ0) is 33.4. The minimum Gasteiger partial charge on any atom is -0.458 e. The summed E-state index contributed by atoms with van der Waals surface area (Å²) in [7, 11) is 0. The lowest BCUT2D eigenvalue weighted by Crippen LogP contribution is -2.52. The summed E-state index contributed by atoms with van der Waals surface area (Å²) in [6.45, 7) is 13.6. The topological polar surface area (TPSA) is 100 Å². The molecule has 4 rings (SSSR count). The molecule has 1 amide bonds. The average Bonchev–Trinajstić information content (AvgIpc) is 3.63. The molecule has 1 saturated heterocycles. The minimum atomic E-state index is -0.778. The van der Waals surface area contributed by atoms with Crippen LogP contribution in [0.2, 0.25) is 0 Å². The van der Waals surface area contributed by atoms with Crippen molar-refractivity contribution in [3.05, 3.63) is 47.6 Å². The van der Waals surface area contributed by atoms with E-state index in [4.69, 9.17) is 18.9 Å². The summed E-state index contributed by atoms with van der Waals surface area (Å²) in [4.78, 5) is 37.0. The monoisotopic (exact) mass is 639 g/mol. The van der Waals surface area contributed by atoms with Gasteiger partial charge in [-0.2, -0.15) is 0 Å². The maximum absolute atomic E-state index is 12.9. The minimum absolute atomic E-state index is 0.0571. The summed E-state index contributed by atoms with van der Waals surface area (Å²) in [5, 5.41) is 3.16. The van der Waals surface area contributed by atoms with E-state index in [1.807, 2.05) is 6.08 Å². The van der Waals surface area contributed by atoms with Gasteiger partial charge in [-0.3, -0.25) is 14.4 Å². The van der Waals surface area contributed by atoms with Crippen LogP contribution in [0.15, 0.2) is 47.6 Å². The number of ether oxygens (including phenoxy) is 4. The van der Waals surface area contributed by atoms with E-state index in [1.54, 1.807) is 0 Å². The summed E-state index contributed by atoms with van der Waals surface area (Å²) in [6, 6.07) is 0.206. The fraction of sp³-hybridized carbons (Fsp3) is 0.711. The normalized spacial score (nSPS) is 34.6. The number of nitrogens with one attached hydrogen (secondary N) is 1. The highest BCUT2D eigenvalue weighted by atomic mass is 16.6. The summed E-state index contributed by atoms with van der Waals surface area (Å²) in [5.74, 6) is 0.477. The van der Waals surface area contributed by atoms with Gasteiger partial charge in [0.2, 0.25) is 5.91 Å². The first-order valence-corrected chi connectivity index (χ1v) is 17.6. The summed E-state index contributed by atoms with van der Waals surface area (Å²) in [5.41, 5.74) is 2.60. The molecule has 46 heavy (non-hydrogen) atoms. The van der Waals surface area contributed by atoms with Gasteiger partial charge < -0.3 is 24.3 Å². The molecule has 2 aliphatic carbocycles. The van der Waals surface area contributed by atoms with Crippen LogP contribution in [-0.2, 0) is 33.3 Å². The molecule has 0 aromatic heterocycles. The third-order valence-electron chi connectivity index (χ3n) is 10.1. The van der Waals surface area contributed by atoms with Crippen molar-refractivity contribution in [2.24, 2.45) is 23.7 Å². The molecule has 2 heterocycles. The molecule has 8 nitrogen and oxygen atoms in total. The Morgan fingerprint density at radius 3 is 2.37 bits per heavy atom. The summed E-state index contributed by atoms with van der Waals surface area (Å²) in [6.07, 6.45) is 18.9. The molecule has 0 spiro atoms. The Kier molecular flexibility index (Phi) is 13.3. The number of carbonyl (C=O) groups is 3. The van der Waals surface area contributed by atoms with Gasteiger partial charge in [0.1, 0.15) is 12.2 Å². The highest BCUT2D eigenvalue weighted by Crippen LogP contribution is 2.48. The van der Waals surface area contributed by atoms with Crippen molar-refractivity contribution in [1.29, 1.82) is 0 Å². The van der Waals surface area contributed by atoms with Gasteiger partial charge in [-0.15, -0.1) is 0 Å². The molecule has 0 bridgehead atoms. The van der Waals surface area contributed by atoms with Gasteiger partial charge in [0, 0.05) is 26.3 Å². The van der Waals surface area contributed by atoms with Crippen LogP contribution in [0.3, 0.4) is 0 Å². The van der Waals surface area contributed by atoms with Crippen molar-refractivity contribution in [3.8, 4) is 0 Å². The maximum Gasteiger partial charge on any atom is 0.303 e. The summed E-state index contributed by atoms with van der Waals surface area (Å²) < 4.78 is 24.0. The van der Waals surface area contributed by atoms with E-state index < -0.39 is 36.4 Å². The predicted octanol–water partition coefficient (Wildman–Crippen LogP) is 6.94. The number of rotatable bonds is 12. The number of esters is 2. The van der Waals surface area contributed by atoms with Crippen molar-refractivity contribution in [1.82, 2.24) is 5.32 Å². The second-order valence-corrected chi connectivity index (χ2v) is 14.0. The summed E-state index contributed by atoms with van der Waals surface area (Å²) >= 11 is 0. The van der Waals surface area contributed by atoms with Crippen LogP contribution in [0, 0.1) is 23.7 Å². The number of allylic oxidation sites excluding steroid dienone is 4. The Morgan fingerprint density at radius 1 is 1.00 bits per heavy atom. The van der Waals surface area contributed by atoms with Crippen LogP contribution in [0.1, 0.15) is 106 Å². The van der Waals surface area contributed by atoms with E-state index in [0.29, 0.717) is 17.8 Å². The van der Waals surface area contributed by atoms with Crippen molar-refractivity contribution in [3.63, 3.8) is 0 Å². The first-order chi connectivity index (χ1) is 21.9. The number of hydrogen-bond acceptors (Lipinski definition) is 7. The molecule has 4 aliphatic rings. The van der Waals surface area contributed by atoms with Crippen LogP contribution in [0.5, 0.6) is 0 Å². The van der Waals surface area contributed by atoms with Crippen molar-refractivity contribution in [2.45, 2.75) is 149 Å². The number of amides is 1. The van der Waals surface area contributed by atoms with Crippen molar-refractivity contribution in [2.75, 3.05) is 0 Å². The largest absolute Gasteiger partial charge is 0.458 e. The van der Waals surface area contributed by atoms with Crippen molar-refractivity contribution >= 4 is 17.8 Å². The van der Waals surface area contributed by atoms with Gasteiger partial charge in [-0.05, 0) is 74.3 Å². The molecular formula is C38H57NO7. The molecule has 8 heteroatoms. The van der Waals surface area contributed by atoms with E-state index in [1.165, 1.54) is 31.4 Å². The first-order valence-electron chi connectivity index (χ1n) is 17.6. The highest BCUT2D eigenvalue weighted by Gasteiger charge is 2.45. The van der Waals surface area contributed by atoms with Gasteiger partial charge in [-0.25, -0.2) is 0 Å². The quantitative estimate of drug-likeness (QED) is 0.182. The van der Waals surface area contributed by atoms with Crippen LogP contribution in [0.4, 0.5) is 0 Å². The molecule has 0 aromatic carbocycles. The molecule has 2 aliphatic heterocycles. The molecule has 1 N–H and O–H groups in total. The number of hydrogen-bond donors (Lipinski definition) is 1. The second-order valence-electron chi connectivity index (χ2n) is 14.0. The Bertz CT molecular complexity index is 1180. The lowest BCUT2D eigenvalue weighted by atomic mass is 9.93. The molecular weight excluding hydrogens is 582 g/mol. The fourth-order valence-corrected chi connectivity index (χ4v) is 7.40. The van der Waals surface area contributed by atoms with Gasteiger partial charge >= 0.3 is 11.9 Å². The van der Waals surface area contributed by atoms with E-state index in [-0.39, 0.29) is 42.9 Å².